The average Bonchev–Trinajstić information content (AvgIpc) is 2.71. The molecule has 2 unspecified atom stereocenters. The highest BCUT2D eigenvalue weighted by atomic mass is 32.1. The van der Waals surface area contributed by atoms with Crippen LogP contribution < -0.4 is 0 Å². The van der Waals surface area contributed by atoms with Crippen LogP contribution in [-0.4, -0.2) is 29.2 Å². The van der Waals surface area contributed by atoms with Crippen LogP contribution in [0.25, 0.3) is 0 Å². The van der Waals surface area contributed by atoms with Gasteiger partial charge in [0, 0.05) is 29.4 Å². The Morgan fingerprint density at radius 3 is 2.81 bits per heavy atom. The van der Waals surface area contributed by atoms with Crippen molar-refractivity contribution in [2.24, 2.45) is 5.92 Å². The molecule has 16 heavy (non-hydrogen) atoms. The second kappa shape index (κ2) is 5.30. The minimum absolute atomic E-state index is 0.0919. The first kappa shape index (κ1) is 12.1. The number of hydrogen-bond acceptors (Lipinski definition) is 3. The number of likely N-dealkylation sites (tertiary alicyclic amines) is 1. The van der Waals surface area contributed by atoms with Crippen molar-refractivity contribution in [1.29, 1.82) is 0 Å². The number of nitrogens with zero attached hydrogens (tertiary/aromatic N) is 1. The van der Waals surface area contributed by atoms with Crippen LogP contribution in [0.2, 0.25) is 0 Å². The van der Waals surface area contributed by atoms with Gasteiger partial charge in [-0.2, -0.15) is 0 Å². The highest BCUT2D eigenvalue weighted by molar-refractivity contribution is 7.11. The van der Waals surface area contributed by atoms with E-state index in [4.69, 9.17) is 0 Å². The maximum absolute atomic E-state index is 9.68. The normalized spacial score (nSPS) is 27.2. The number of aryl methyl sites for hydroxylation is 1. The smallest absolute Gasteiger partial charge is 0.0590 e. The third-order valence-electron chi connectivity index (χ3n) is 3.39. The molecule has 2 rings (SSSR count). The van der Waals surface area contributed by atoms with Crippen molar-refractivity contribution in [3.63, 3.8) is 0 Å². The molecule has 90 valence electrons. The van der Waals surface area contributed by atoms with Gasteiger partial charge in [-0.1, -0.05) is 13.8 Å². The summed E-state index contributed by atoms with van der Waals surface area (Å²) in [6.45, 7) is 7.46. The maximum atomic E-state index is 9.68. The zero-order valence-corrected chi connectivity index (χ0v) is 11.0. The molecule has 0 aliphatic carbocycles. The standard InChI is InChI=1S/C13H21NOS/c1-3-11-4-5-12(16-11)9-14-7-6-13(15)10(2)8-14/h4-5,10,13,15H,3,6-9H2,1-2H3. The Bertz CT molecular complexity index is 336. The zero-order chi connectivity index (χ0) is 11.5. The Morgan fingerprint density at radius 1 is 1.44 bits per heavy atom. The maximum Gasteiger partial charge on any atom is 0.0590 e. The summed E-state index contributed by atoms with van der Waals surface area (Å²) in [6.07, 6.45) is 1.97. The largest absolute Gasteiger partial charge is 0.393 e. The molecule has 3 heteroatoms. The van der Waals surface area contributed by atoms with Crippen molar-refractivity contribution in [3.05, 3.63) is 21.9 Å². The molecule has 1 aromatic rings. The van der Waals surface area contributed by atoms with Crippen LogP contribution in [0, 0.1) is 5.92 Å². The van der Waals surface area contributed by atoms with Gasteiger partial charge in [0.15, 0.2) is 0 Å². The molecule has 0 aromatic carbocycles. The van der Waals surface area contributed by atoms with Gasteiger partial charge in [-0.3, -0.25) is 4.90 Å². The van der Waals surface area contributed by atoms with Crippen LogP contribution in [0.15, 0.2) is 12.1 Å². The zero-order valence-electron chi connectivity index (χ0n) is 10.1. The first-order valence-electron chi connectivity index (χ1n) is 6.17. The summed E-state index contributed by atoms with van der Waals surface area (Å²) in [4.78, 5) is 5.39. The second-order valence-electron chi connectivity index (χ2n) is 4.79. The highest BCUT2D eigenvalue weighted by Gasteiger charge is 2.24. The van der Waals surface area contributed by atoms with Crippen molar-refractivity contribution in [3.8, 4) is 0 Å². The van der Waals surface area contributed by atoms with Crippen molar-refractivity contribution in [2.75, 3.05) is 13.1 Å². The first-order valence-corrected chi connectivity index (χ1v) is 6.98. The number of rotatable bonds is 3. The van der Waals surface area contributed by atoms with Crippen LogP contribution in [0.3, 0.4) is 0 Å². The van der Waals surface area contributed by atoms with Crippen molar-refractivity contribution < 1.29 is 5.11 Å². The fraction of sp³-hybridized carbons (Fsp3) is 0.692. The molecule has 2 heterocycles. The third kappa shape index (κ3) is 2.84. The predicted molar refractivity (Wildman–Crippen MR) is 68.8 cm³/mol. The Kier molecular flexibility index (Phi) is 4.00. The molecule has 2 nitrogen and oxygen atoms in total. The molecule has 1 saturated heterocycles. The summed E-state index contributed by atoms with van der Waals surface area (Å²) >= 11 is 1.92. The van der Waals surface area contributed by atoms with Crippen LogP contribution in [0.1, 0.15) is 30.0 Å². The molecular formula is C13H21NOS. The van der Waals surface area contributed by atoms with Gasteiger partial charge in [0.2, 0.25) is 0 Å². The summed E-state index contributed by atoms with van der Waals surface area (Å²) in [7, 11) is 0. The van der Waals surface area contributed by atoms with Gasteiger partial charge in [0.25, 0.3) is 0 Å². The molecule has 0 bridgehead atoms. The van der Waals surface area contributed by atoms with Crippen LogP contribution >= 0.6 is 11.3 Å². The Balaban J connectivity index is 1.90. The molecule has 0 saturated carbocycles. The fourth-order valence-electron chi connectivity index (χ4n) is 2.28. The summed E-state index contributed by atoms with van der Waals surface area (Å²) < 4.78 is 0. The molecule has 0 radical (unpaired) electrons. The lowest BCUT2D eigenvalue weighted by Gasteiger charge is -2.34. The number of hydrogen-bond donors (Lipinski definition) is 1. The number of piperidine rings is 1. The Morgan fingerprint density at radius 2 is 2.19 bits per heavy atom. The van der Waals surface area contributed by atoms with Crippen molar-refractivity contribution in [1.82, 2.24) is 4.90 Å². The molecule has 1 aromatic heterocycles. The predicted octanol–water partition coefficient (Wildman–Crippen LogP) is 2.51. The number of aliphatic hydroxyl groups is 1. The van der Waals surface area contributed by atoms with E-state index in [1.165, 1.54) is 9.75 Å². The lowest BCUT2D eigenvalue weighted by molar-refractivity contribution is 0.0324. The molecule has 1 N–H and O–H groups in total. The summed E-state index contributed by atoms with van der Waals surface area (Å²) in [5.41, 5.74) is 0. The molecule has 1 aliphatic rings. The molecular weight excluding hydrogens is 218 g/mol. The van der Waals surface area contributed by atoms with Gasteiger partial charge in [-0.25, -0.2) is 0 Å². The van der Waals surface area contributed by atoms with E-state index < -0.39 is 0 Å². The van der Waals surface area contributed by atoms with Crippen LogP contribution in [-0.2, 0) is 13.0 Å². The van der Waals surface area contributed by atoms with E-state index in [0.717, 1.165) is 32.5 Å². The topological polar surface area (TPSA) is 23.5 Å². The molecule has 0 amide bonds. The summed E-state index contributed by atoms with van der Waals surface area (Å²) in [5, 5.41) is 9.68. The number of thiophene rings is 1. The lowest BCUT2D eigenvalue weighted by atomic mass is 9.97. The third-order valence-corrected chi connectivity index (χ3v) is 4.60. The van der Waals surface area contributed by atoms with Crippen molar-refractivity contribution >= 4 is 11.3 Å². The summed E-state index contributed by atoms with van der Waals surface area (Å²) in [6, 6.07) is 4.49. The minimum atomic E-state index is -0.0919. The van der Waals surface area contributed by atoms with Gasteiger partial charge in [-0.15, -0.1) is 11.3 Å². The van der Waals surface area contributed by atoms with Crippen LogP contribution in [0.4, 0.5) is 0 Å². The monoisotopic (exact) mass is 239 g/mol. The minimum Gasteiger partial charge on any atom is -0.393 e. The van der Waals surface area contributed by atoms with Crippen molar-refractivity contribution in [2.45, 2.75) is 39.3 Å². The van der Waals surface area contributed by atoms with E-state index in [0.29, 0.717) is 5.92 Å². The van der Waals surface area contributed by atoms with Gasteiger partial charge >= 0.3 is 0 Å². The highest BCUT2D eigenvalue weighted by Crippen LogP contribution is 2.22. The summed E-state index contributed by atoms with van der Waals surface area (Å²) in [5.74, 6) is 0.416. The Hall–Kier alpha value is -0.380. The average molecular weight is 239 g/mol. The second-order valence-corrected chi connectivity index (χ2v) is 6.04. The SMILES string of the molecule is CCc1ccc(CN2CCC(O)C(C)C2)s1. The lowest BCUT2D eigenvalue weighted by Crippen LogP contribution is -2.41. The van der Waals surface area contributed by atoms with E-state index >= 15 is 0 Å². The van der Waals surface area contributed by atoms with E-state index in [1.807, 2.05) is 11.3 Å². The van der Waals surface area contributed by atoms with E-state index in [1.54, 1.807) is 0 Å². The van der Waals surface area contributed by atoms with Gasteiger partial charge in [-0.05, 0) is 30.9 Å². The van der Waals surface area contributed by atoms with Gasteiger partial charge < -0.3 is 5.11 Å². The van der Waals surface area contributed by atoms with E-state index in [2.05, 4.69) is 30.9 Å². The Labute approximate surface area is 102 Å². The molecule has 1 fully saturated rings. The molecule has 2 atom stereocenters. The first-order chi connectivity index (χ1) is 7.69. The van der Waals surface area contributed by atoms with E-state index in [-0.39, 0.29) is 6.10 Å². The van der Waals surface area contributed by atoms with Gasteiger partial charge in [0.1, 0.15) is 0 Å². The van der Waals surface area contributed by atoms with E-state index in [9.17, 15) is 5.11 Å². The fourth-order valence-corrected chi connectivity index (χ4v) is 3.28. The molecule has 0 spiro atoms. The van der Waals surface area contributed by atoms with Crippen LogP contribution in [0.5, 0.6) is 0 Å². The molecule has 1 aliphatic heterocycles. The van der Waals surface area contributed by atoms with Gasteiger partial charge in [0.05, 0.1) is 6.10 Å². The quantitative estimate of drug-likeness (QED) is 0.876. The number of aliphatic hydroxyl groups excluding tert-OH is 1.